The Labute approximate surface area is 136 Å². The molecule has 1 atom stereocenters. The first-order valence-corrected chi connectivity index (χ1v) is 6.35. The quantitative estimate of drug-likeness (QED) is 0.247. The molecule has 0 aromatic heterocycles. The molecule has 1 rings (SSSR count). The molecule has 1 unspecified atom stereocenters. The van der Waals surface area contributed by atoms with Crippen molar-refractivity contribution in [2.24, 2.45) is 0 Å². The number of hydrogen-bond donors (Lipinski definition) is 3. The van der Waals surface area contributed by atoms with Gasteiger partial charge in [0.05, 0.1) is 0 Å². The second kappa shape index (κ2) is 6.32. The van der Waals surface area contributed by atoms with Gasteiger partial charge in [-0.1, -0.05) is 6.58 Å². The number of benzene rings is 1. The maximum atomic E-state index is 12.9. The monoisotopic (exact) mass is 374 g/mol. The summed E-state index contributed by atoms with van der Waals surface area (Å²) in [6.07, 6.45) is -10.4. The van der Waals surface area contributed by atoms with Gasteiger partial charge < -0.3 is 20.1 Å². The SMILES string of the molecule is C=CC(=O)Oc1cc(C(C)(O)C(F)(F)F)cc(C(O)(O)C(F)(F)F)c1. The van der Waals surface area contributed by atoms with E-state index in [1.54, 1.807) is 0 Å². The van der Waals surface area contributed by atoms with Crippen LogP contribution in [0.5, 0.6) is 5.75 Å². The number of aliphatic hydroxyl groups is 3. The highest BCUT2D eigenvalue weighted by Gasteiger charge is 2.56. The predicted octanol–water partition coefficient (Wildman–Crippen LogP) is 2.25. The fraction of sp³-hybridized carbons (Fsp3) is 0.357. The van der Waals surface area contributed by atoms with Crippen molar-refractivity contribution < 1.29 is 51.2 Å². The molecule has 0 aliphatic rings. The molecule has 3 N–H and O–H groups in total. The third kappa shape index (κ3) is 4.11. The molecule has 0 saturated carbocycles. The number of halogens is 6. The van der Waals surface area contributed by atoms with Gasteiger partial charge in [0.15, 0.2) is 5.60 Å². The van der Waals surface area contributed by atoms with E-state index in [1.165, 1.54) is 0 Å². The van der Waals surface area contributed by atoms with Gasteiger partial charge in [0, 0.05) is 11.6 Å². The Bertz CT molecular complexity index is 631. The molecule has 0 aliphatic carbocycles. The van der Waals surface area contributed by atoms with Crippen LogP contribution < -0.4 is 4.74 Å². The summed E-state index contributed by atoms with van der Waals surface area (Å²) in [6, 6.07) is 0.821. The van der Waals surface area contributed by atoms with Crippen molar-refractivity contribution in [3.8, 4) is 5.75 Å². The standard InChI is InChI=1S/C14H12F6O5/c1-3-10(21)25-9-5-7(11(2,22)13(15,16)17)4-8(6-9)12(23,24)14(18,19)20/h3-6,22-24H,1H2,2H3. The Kier molecular flexibility index (Phi) is 5.29. The van der Waals surface area contributed by atoms with E-state index in [0.717, 1.165) is 0 Å². The van der Waals surface area contributed by atoms with Gasteiger partial charge in [0.25, 0.3) is 5.79 Å². The first-order chi connectivity index (χ1) is 11.0. The molecule has 0 aliphatic heterocycles. The largest absolute Gasteiger partial charge is 0.447 e. The van der Waals surface area contributed by atoms with Crippen LogP contribution in [0.1, 0.15) is 18.1 Å². The number of ether oxygens (including phenoxy) is 1. The molecule has 1 aromatic rings. The van der Waals surface area contributed by atoms with E-state index in [0.29, 0.717) is 18.2 Å². The van der Waals surface area contributed by atoms with Crippen LogP contribution >= 0.6 is 0 Å². The average molecular weight is 374 g/mol. The maximum Gasteiger partial charge on any atom is 0.447 e. The van der Waals surface area contributed by atoms with Crippen molar-refractivity contribution in [1.29, 1.82) is 0 Å². The summed E-state index contributed by atoms with van der Waals surface area (Å²) in [7, 11) is 0. The van der Waals surface area contributed by atoms with Crippen LogP contribution in [0.4, 0.5) is 26.3 Å². The molecule has 1 aromatic carbocycles. The summed E-state index contributed by atoms with van der Waals surface area (Å²) >= 11 is 0. The molecular formula is C14H12F6O5. The van der Waals surface area contributed by atoms with Crippen molar-refractivity contribution >= 4 is 5.97 Å². The van der Waals surface area contributed by atoms with E-state index < -0.39 is 46.6 Å². The molecule has 0 spiro atoms. The third-order valence-electron chi connectivity index (χ3n) is 3.20. The van der Waals surface area contributed by atoms with Crippen LogP contribution in [0, 0.1) is 0 Å². The molecule has 0 radical (unpaired) electrons. The lowest BCUT2D eigenvalue weighted by atomic mass is 9.91. The van der Waals surface area contributed by atoms with Gasteiger partial charge in [-0.3, -0.25) is 0 Å². The first-order valence-electron chi connectivity index (χ1n) is 6.35. The van der Waals surface area contributed by atoms with E-state index in [2.05, 4.69) is 11.3 Å². The van der Waals surface area contributed by atoms with Crippen LogP contribution in [0.25, 0.3) is 0 Å². The molecule has 0 bridgehead atoms. The fourth-order valence-corrected chi connectivity index (χ4v) is 1.63. The predicted molar refractivity (Wildman–Crippen MR) is 70.1 cm³/mol. The minimum Gasteiger partial charge on any atom is -0.423 e. The smallest absolute Gasteiger partial charge is 0.423 e. The van der Waals surface area contributed by atoms with E-state index in [-0.39, 0.29) is 13.0 Å². The molecule has 0 amide bonds. The van der Waals surface area contributed by atoms with Gasteiger partial charge >= 0.3 is 18.3 Å². The minimum atomic E-state index is -5.69. The zero-order chi connectivity index (χ0) is 19.8. The van der Waals surface area contributed by atoms with E-state index in [1.807, 2.05) is 0 Å². The normalized spacial score (nSPS) is 15.4. The average Bonchev–Trinajstić information content (AvgIpc) is 2.44. The van der Waals surface area contributed by atoms with Gasteiger partial charge in [0.1, 0.15) is 5.75 Å². The van der Waals surface area contributed by atoms with Crippen molar-refractivity contribution in [3.63, 3.8) is 0 Å². The molecule has 11 heteroatoms. The van der Waals surface area contributed by atoms with Crippen molar-refractivity contribution in [3.05, 3.63) is 42.0 Å². The third-order valence-corrected chi connectivity index (χ3v) is 3.20. The number of esters is 1. The lowest BCUT2D eigenvalue weighted by Gasteiger charge is -2.30. The summed E-state index contributed by atoms with van der Waals surface area (Å²) < 4.78 is 81.4. The van der Waals surface area contributed by atoms with Gasteiger partial charge in [-0.05, 0) is 30.7 Å². The number of carbonyl (C=O) groups is 1. The summed E-state index contributed by atoms with van der Waals surface area (Å²) in [5, 5.41) is 28.1. The molecular weight excluding hydrogens is 362 g/mol. The van der Waals surface area contributed by atoms with E-state index in [9.17, 15) is 46.5 Å². The minimum absolute atomic E-state index is 0.0895. The zero-order valence-corrected chi connectivity index (χ0v) is 12.4. The second-order valence-corrected chi connectivity index (χ2v) is 5.11. The maximum absolute atomic E-state index is 12.9. The summed E-state index contributed by atoms with van der Waals surface area (Å²) in [6.45, 7) is 3.23. The van der Waals surface area contributed by atoms with Crippen LogP contribution in [0.2, 0.25) is 0 Å². The molecule has 140 valence electrons. The van der Waals surface area contributed by atoms with Gasteiger partial charge in [0.2, 0.25) is 0 Å². The van der Waals surface area contributed by atoms with Gasteiger partial charge in [-0.2, -0.15) is 26.3 Å². The topological polar surface area (TPSA) is 87.0 Å². The van der Waals surface area contributed by atoms with Crippen LogP contribution in [-0.2, 0) is 16.2 Å². The Morgan fingerprint density at radius 1 is 1.00 bits per heavy atom. The van der Waals surface area contributed by atoms with E-state index >= 15 is 0 Å². The fourth-order valence-electron chi connectivity index (χ4n) is 1.63. The number of alkyl halides is 6. The van der Waals surface area contributed by atoms with Crippen LogP contribution in [0.15, 0.2) is 30.9 Å². The summed E-state index contributed by atoms with van der Waals surface area (Å²) in [5.41, 5.74) is -6.37. The molecule has 25 heavy (non-hydrogen) atoms. The molecule has 5 nitrogen and oxygen atoms in total. The van der Waals surface area contributed by atoms with Crippen molar-refractivity contribution in [2.45, 2.75) is 30.7 Å². The Morgan fingerprint density at radius 2 is 1.48 bits per heavy atom. The van der Waals surface area contributed by atoms with Crippen molar-refractivity contribution in [1.82, 2.24) is 0 Å². The Morgan fingerprint density at radius 3 is 1.88 bits per heavy atom. The van der Waals surface area contributed by atoms with Gasteiger partial charge in [-0.25, -0.2) is 4.79 Å². The van der Waals surface area contributed by atoms with Crippen LogP contribution in [-0.4, -0.2) is 33.6 Å². The highest BCUT2D eigenvalue weighted by Crippen LogP contribution is 2.43. The highest BCUT2D eigenvalue weighted by molar-refractivity contribution is 5.83. The molecule has 0 saturated heterocycles. The Balaban J connectivity index is 3.65. The highest BCUT2D eigenvalue weighted by atomic mass is 19.4. The number of hydrogen-bond acceptors (Lipinski definition) is 5. The number of carbonyl (C=O) groups excluding carboxylic acids is 1. The number of rotatable bonds is 4. The molecule has 0 fully saturated rings. The lowest BCUT2D eigenvalue weighted by molar-refractivity contribution is -0.358. The van der Waals surface area contributed by atoms with E-state index in [4.69, 9.17) is 0 Å². The Hall–Kier alpha value is -2.11. The van der Waals surface area contributed by atoms with Gasteiger partial charge in [-0.15, -0.1) is 0 Å². The van der Waals surface area contributed by atoms with Crippen LogP contribution in [0.3, 0.4) is 0 Å². The lowest BCUT2D eigenvalue weighted by Crippen LogP contribution is -2.43. The first kappa shape index (κ1) is 20.9. The summed E-state index contributed by atoms with van der Waals surface area (Å²) in [4.78, 5) is 11.1. The zero-order valence-electron chi connectivity index (χ0n) is 12.4. The van der Waals surface area contributed by atoms with Crippen molar-refractivity contribution in [2.75, 3.05) is 0 Å². The second-order valence-electron chi connectivity index (χ2n) is 5.11. The molecule has 0 heterocycles. The summed E-state index contributed by atoms with van der Waals surface area (Å²) in [5.74, 6) is -6.68.